The molecule has 1 rings (SSSR count). The minimum absolute atomic E-state index is 0.0755. The number of H-pyrrole nitrogens is 1. The van der Waals surface area contributed by atoms with E-state index in [4.69, 9.17) is 5.73 Å². The fourth-order valence-electron chi connectivity index (χ4n) is 0.986. The number of rotatable bonds is 4. The highest BCUT2D eigenvalue weighted by Crippen LogP contribution is 2.19. The molecule has 15 heavy (non-hydrogen) atoms. The Morgan fingerprint density at radius 3 is 2.60 bits per heavy atom. The molecule has 6 nitrogen and oxygen atoms in total. The van der Waals surface area contributed by atoms with Crippen LogP contribution in [0.2, 0.25) is 0 Å². The van der Waals surface area contributed by atoms with Gasteiger partial charge >= 0.3 is 0 Å². The summed E-state index contributed by atoms with van der Waals surface area (Å²) in [5.41, 5.74) is 4.90. The van der Waals surface area contributed by atoms with Gasteiger partial charge in [-0.2, -0.15) is 4.31 Å². The first-order valence-electron chi connectivity index (χ1n) is 4.50. The van der Waals surface area contributed by atoms with E-state index in [9.17, 15) is 8.42 Å². The average Bonchev–Trinajstić information content (AvgIpc) is 2.69. The van der Waals surface area contributed by atoms with Gasteiger partial charge in [0.1, 0.15) is 0 Å². The predicted molar refractivity (Wildman–Crippen MR) is 56.7 cm³/mol. The van der Waals surface area contributed by atoms with E-state index in [1.807, 2.05) is 0 Å². The number of nitrogens with zero attached hydrogens (tertiary/aromatic N) is 2. The normalized spacial score (nSPS) is 13.4. The molecule has 3 N–H and O–H groups in total. The highest BCUT2D eigenvalue weighted by molar-refractivity contribution is 7.89. The zero-order valence-electron chi connectivity index (χ0n) is 9.06. The third-order valence-electron chi connectivity index (χ3n) is 2.46. The van der Waals surface area contributed by atoms with Crippen molar-refractivity contribution in [2.45, 2.75) is 24.4 Å². The molecule has 0 amide bonds. The molecule has 1 aromatic rings. The second kappa shape index (κ2) is 3.92. The first kappa shape index (κ1) is 12.2. The van der Waals surface area contributed by atoms with E-state index in [2.05, 4.69) is 9.97 Å². The molecule has 7 heteroatoms. The van der Waals surface area contributed by atoms with Crippen molar-refractivity contribution in [2.24, 2.45) is 5.73 Å². The molecule has 0 aliphatic carbocycles. The predicted octanol–water partition coefficient (Wildman–Crippen LogP) is -0.232. The molecule has 0 radical (unpaired) electrons. The van der Waals surface area contributed by atoms with E-state index in [1.165, 1.54) is 23.9 Å². The van der Waals surface area contributed by atoms with Crippen LogP contribution in [0.3, 0.4) is 0 Å². The molecule has 0 unspecified atom stereocenters. The van der Waals surface area contributed by atoms with Gasteiger partial charge in [-0.25, -0.2) is 13.4 Å². The van der Waals surface area contributed by atoms with Gasteiger partial charge in [-0.05, 0) is 13.8 Å². The van der Waals surface area contributed by atoms with E-state index >= 15 is 0 Å². The lowest BCUT2D eigenvalue weighted by molar-refractivity contribution is 0.273. The van der Waals surface area contributed by atoms with Gasteiger partial charge in [0.15, 0.2) is 5.03 Å². The largest absolute Gasteiger partial charge is 0.335 e. The van der Waals surface area contributed by atoms with E-state index < -0.39 is 15.6 Å². The summed E-state index contributed by atoms with van der Waals surface area (Å²) in [6, 6.07) is 0. The lowest BCUT2D eigenvalue weighted by Gasteiger charge is -2.32. The highest BCUT2D eigenvalue weighted by atomic mass is 32.2. The summed E-state index contributed by atoms with van der Waals surface area (Å²) >= 11 is 0. The average molecular weight is 232 g/mol. The number of aromatic nitrogens is 2. The van der Waals surface area contributed by atoms with Gasteiger partial charge in [0.2, 0.25) is 0 Å². The topological polar surface area (TPSA) is 92.1 Å². The van der Waals surface area contributed by atoms with E-state index in [0.29, 0.717) is 0 Å². The Morgan fingerprint density at radius 2 is 2.20 bits per heavy atom. The Bertz CT molecular complexity index is 410. The maximum absolute atomic E-state index is 12.0. The Morgan fingerprint density at radius 1 is 1.60 bits per heavy atom. The number of aromatic amines is 1. The summed E-state index contributed by atoms with van der Waals surface area (Å²) in [7, 11) is -2.03. The number of hydrogen-bond donors (Lipinski definition) is 2. The molecule has 0 bridgehead atoms. The molecule has 0 aliphatic heterocycles. The van der Waals surface area contributed by atoms with Gasteiger partial charge in [0, 0.05) is 19.1 Å². The Balaban J connectivity index is 3.09. The summed E-state index contributed by atoms with van der Waals surface area (Å²) in [6.07, 6.45) is 2.61. The highest BCUT2D eigenvalue weighted by Gasteiger charge is 2.33. The van der Waals surface area contributed by atoms with Gasteiger partial charge in [-0.15, -0.1) is 0 Å². The van der Waals surface area contributed by atoms with Gasteiger partial charge in [0.25, 0.3) is 10.0 Å². The van der Waals surface area contributed by atoms with Gasteiger partial charge < -0.3 is 10.7 Å². The van der Waals surface area contributed by atoms with Crippen molar-refractivity contribution >= 4 is 10.0 Å². The second-order valence-corrected chi connectivity index (χ2v) is 5.84. The van der Waals surface area contributed by atoms with Crippen LogP contribution in [0.15, 0.2) is 17.6 Å². The van der Waals surface area contributed by atoms with Crippen LogP contribution in [0.5, 0.6) is 0 Å². The zero-order valence-corrected chi connectivity index (χ0v) is 9.87. The maximum Gasteiger partial charge on any atom is 0.260 e. The van der Waals surface area contributed by atoms with Crippen LogP contribution in [0.1, 0.15) is 13.8 Å². The smallest absolute Gasteiger partial charge is 0.260 e. The first-order valence-corrected chi connectivity index (χ1v) is 5.94. The Kier molecular flexibility index (Phi) is 3.17. The third-order valence-corrected chi connectivity index (χ3v) is 4.46. The summed E-state index contributed by atoms with van der Waals surface area (Å²) in [6.45, 7) is 3.78. The van der Waals surface area contributed by atoms with Crippen molar-refractivity contribution in [1.82, 2.24) is 14.3 Å². The molecule has 0 aliphatic rings. The number of sulfonamides is 1. The molecule has 86 valence electrons. The number of nitrogens with one attached hydrogen (secondary N) is 1. The zero-order chi connectivity index (χ0) is 11.7. The molecule has 0 spiro atoms. The van der Waals surface area contributed by atoms with Gasteiger partial charge in [-0.3, -0.25) is 0 Å². The lowest BCUT2D eigenvalue weighted by Crippen LogP contribution is -2.49. The van der Waals surface area contributed by atoms with Gasteiger partial charge in [0.05, 0.1) is 12.5 Å². The SMILES string of the molecule is CN(C(C)(C)CN)S(=O)(=O)c1cnc[nH]1. The van der Waals surface area contributed by atoms with Gasteiger partial charge in [-0.1, -0.05) is 0 Å². The van der Waals surface area contributed by atoms with Crippen LogP contribution < -0.4 is 5.73 Å². The molecule has 1 aromatic heterocycles. The van der Waals surface area contributed by atoms with Crippen LogP contribution in [0.25, 0.3) is 0 Å². The lowest BCUT2D eigenvalue weighted by atomic mass is 10.1. The number of hydrogen-bond acceptors (Lipinski definition) is 4. The van der Waals surface area contributed by atoms with E-state index in [1.54, 1.807) is 13.8 Å². The molecular weight excluding hydrogens is 216 g/mol. The summed E-state index contributed by atoms with van der Waals surface area (Å²) in [5.74, 6) is 0. The van der Waals surface area contributed by atoms with Crippen molar-refractivity contribution < 1.29 is 8.42 Å². The first-order chi connectivity index (χ1) is 6.82. The fourth-order valence-corrected chi connectivity index (χ4v) is 2.40. The summed E-state index contributed by atoms with van der Waals surface area (Å²) in [5, 5.41) is 0.0755. The fraction of sp³-hybridized carbons (Fsp3) is 0.625. The monoisotopic (exact) mass is 232 g/mol. The van der Waals surface area contributed by atoms with E-state index in [0.717, 1.165) is 0 Å². The molecule has 0 aromatic carbocycles. The van der Waals surface area contributed by atoms with Crippen LogP contribution in [0, 0.1) is 0 Å². The van der Waals surface area contributed by atoms with Crippen molar-refractivity contribution in [3.05, 3.63) is 12.5 Å². The van der Waals surface area contributed by atoms with Crippen LogP contribution in [-0.4, -0.2) is 41.8 Å². The Hall–Kier alpha value is -0.920. The quantitative estimate of drug-likeness (QED) is 0.750. The molecule has 0 fully saturated rings. The Labute approximate surface area is 89.5 Å². The van der Waals surface area contributed by atoms with Crippen molar-refractivity contribution in [1.29, 1.82) is 0 Å². The minimum atomic E-state index is -3.53. The standard InChI is InChI=1S/C8H16N4O2S/c1-8(2,5-9)12(3)15(13,14)7-4-10-6-11-7/h4,6H,5,9H2,1-3H3,(H,10,11). The van der Waals surface area contributed by atoms with Crippen molar-refractivity contribution in [3.8, 4) is 0 Å². The van der Waals surface area contributed by atoms with Crippen LogP contribution >= 0.6 is 0 Å². The molecule has 0 saturated carbocycles. The molecular formula is C8H16N4O2S. The minimum Gasteiger partial charge on any atom is -0.335 e. The number of likely N-dealkylation sites (N-methyl/N-ethyl adjacent to an activating group) is 1. The number of nitrogens with two attached hydrogens (primary N) is 1. The van der Waals surface area contributed by atoms with Crippen molar-refractivity contribution in [2.75, 3.05) is 13.6 Å². The number of imidazole rings is 1. The third kappa shape index (κ3) is 2.19. The van der Waals surface area contributed by atoms with Crippen molar-refractivity contribution in [3.63, 3.8) is 0 Å². The van der Waals surface area contributed by atoms with E-state index in [-0.39, 0.29) is 11.6 Å². The van der Waals surface area contributed by atoms with Crippen LogP contribution in [0.4, 0.5) is 0 Å². The maximum atomic E-state index is 12.0. The molecule has 0 atom stereocenters. The van der Waals surface area contributed by atoms with Crippen LogP contribution in [-0.2, 0) is 10.0 Å². The molecule has 1 heterocycles. The molecule has 0 saturated heterocycles. The second-order valence-electron chi connectivity index (χ2n) is 3.90. The summed E-state index contributed by atoms with van der Waals surface area (Å²) in [4.78, 5) is 6.26. The summed E-state index contributed by atoms with van der Waals surface area (Å²) < 4.78 is 25.2.